The van der Waals surface area contributed by atoms with Crippen LogP contribution in [0.3, 0.4) is 0 Å². The summed E-state index contributed by atoms with van der Waals surface area (Å²) in [5, 5.41) is 0. The van der Waals surface area contributed by atoms with Crippen molar-refractivity contribution >= 4 is 11.9 Å². The quantitative estimate of drug-likeness (QED) is 0.498. The first-order chi connectivity index (χ1) is 13.3. The second kappa shape index (κ2) is 11.1. The highest BCUT2D eigenvalue weighted by molar-refractivity contribution is 5.83. The predicted molar refractivity (Wildman–Crippen MR) is 113 cm³/mol. The Morgan fingerprint density at radius 2 is 1.38 bits per heavy atom. The summed E-state index contributed by atoms with van der Waals surface area (Å²) in [6.07, 6.45) is 5.71. The van der Waals surface area contributed by atoms with E-state index in [1.165, 1.54) is 0 Å². The zero-order valence-electron chi connectivity index (χ0n) is 19.4. The maximum atomic E-state index is 11.7. The molecule has 2 rings (SSSR count). The molecule has 0 bridgehead atoms. The van der Waals surface area contributed by atoms with Gasteiger partial charge in [-0.25, -0.2) is 4.79 Å². The van der Waals surface area contributed by atoms with Gasteiger partial charge >= 0.3 is 11.9 Å². The summed E-state index contributed by atoms with van der Waals surface area (Å²) in [5.41, 5.74) is 0.420. The molecule has 0 N–H and O–H groups in total. The minimum absolute atomic E-state index is 0.0700. The van der Waals surface area contributed by atoms with Gasteiger partial charge in [-0.05, 0) is 72.6 Å². The Morgan fingerprint density at radius 1 is 0.897 bits per heavy atom. The molecule has 168 valence electrons. The molecule has 0 aliphatic carbocycles. The fourth-order valence-electron chi connectivity index (χ4n) is 3.04. The molecule has 0 radical (unpaired) electrons. The van der Waals surface area contributed by atoms with E-state index < -0.39 is 5.60 Å². The molecule has 2 heterocycles. The lowest BCUT2D eigenvalue weighted by Crippen LogP contribution is -2.32. The van der Waals surface area contributed by atoms with Crippen molar-refractivity contribution in [2.75, 3.05) is 26.4 Å². The van der Waals surface area contributed by atoms with Crippen LogP contribution in [0.2, 0.25) is 0 Å². The lowest BCUT2D eigenvalue weighted by molar-refractivity contribution is -0.159. The Kier molecular flexibility index (Phi) is 9.83. The first-order valence-corrected chi connectivity index (χ1v) is 10.6. The van der Waals surface area contributed by atoms with E-state index in [2.05, 4.69) is 6.92 Å². The highest BCUT2D eigenvalue weighted by atomic mass is 16.6. The molecule has 0 atom stereocenters. The Labute approximate surface area is 176 Å². The van der Waals surface area contributed by atoms with Gasteiger partial charge < -0.3 is 18.9 Å². The summed E-state index contributed by atoms with van der Waals surface area (Å²) >= 11 is 0. The monoisotopic (exact) mass is 412 g/mol. The third-order valence-corrected chi connectivity index (χ3v) is 4.55. The van der Waals surface area contributed by atoms with Crippen LogP contribution in [0, 0.1) is 5.41 Å². The second-order valence-corrected chi connectivity index (χ2v) is 10.1. The minimum atomic E-state index is -0.403. The predicted octanol–water partition coefficient (Wildman–Crippen LogP) is 4.60. The molecule has 0 aromatic rings. The highest BCUT2D eigenvalue weighted by Crippen LogP contribution is 2.34. The van der Waals surface area contributed by atoms with Crippen molar-refractivity contribution < 1.29 is 28.5 Å². The standard InChI is InChI=1S/C12H22O3.C11H18O3/c1-11(2,3)15-10(13)9-12(4)5-7-14-8-6-12;1-11(2,3)14-10(12)8-9-4-6-13-7-5-9/h5-9H2,1-4H3;8H,4-7H2,1-3H3. The molecular formula is C23H40O6. The fourth-order valence-corrected chi connectivity index (χ4v) is 3.04. The van der Waals surface area contributed by atoms with Crippen molar-refractivity contribution in [2.24, 2.45) is 5.41 Å². The lowest BCUT2D eigenvalue weighted by Gasteiger charge is -2.33. The van der Waals surface area contributed by atoms with Crippen molar-refractivity contribution in [2.45, 2.75) is 91.8 Å². The van der Waals surface area contributed by atoms with Gasteiger partial charge in [0.15, 0.2) is 0 Å². The number of esters is 2. The first-order valence-electron chi connectivity index (χ1n) is 10.6. The average Bonchev–Trinajstić information content (AvgIpc) is 2.52. The van der Waals surface area contributed by atoms with Crippen LogP contribution in [0.1, 0.15) is 80.6 Å². The van der Waals surface area contributed by atoms with E-state index in [9.17, 15) is 9.59 Å². The van der Waals surface area contributed by atoms with Crippen molar-refractivity contribution in [3.63, 3.8) is 0 Å². The van der Waals surface area contributed by atoms with Crippen molar-refractivity contribution in [1.29, 1.82) is 0 Å². The molecular weight excluding hydrogens is 372 g/mol. The molecule has 2 saturated heterocycles. The van der Waals surface area contributed by atoms with Crippen molar-refractivity contribution in [3.05, 3.63) is 11.6 Å². The van der Waals surface area contributed by atoms with Gasteiger partial charge in [-0.3, -0.25) is 4.79 Å². The Morgan fingerprint density at radius 3 is 1.86 bits per heavy atom. The van der Waals surface area contributed by atoms with E-state index in [1.54, 1.807) is 6.08 Å². The number of hydrogen-bond acceptors (Lipinski definition) is 6. The van der Waals surface area contributed by atoms with Gasteiger partial charge in [0.2, 0.25) is 0 Å². The molecule has 2 aliphatic heterocycles. The minimum Gasteiger partial charge on any atom is -0.460 e. The second-order valence-electron chi connectivity index (χ2n) is 10.1. The lowest BCUT2D eigenvalue weighted by atomic mass is 9.79. The van der Waals surface area contributed by atoms with Crippen LogP contribution in [0.15, 0.2) is 11.6 Å². The molecule has 6 nitrogen and oxygen atoms in total. The third-order valence-electron chi connectivity index (χ3n) is 4.55. The van der Waals surface area contributed by atoms with Crippen LogP contribution in [0.25, 0.3) is 0 Å². The van der Waals surface area contributed by atoms with Crippen LogP contribution >= 0.6 is 0 Å². The number of rotatable bonds is 3. The van der Waals surface area contributed by atoms with Crippen LogP contribution in [-0.4, -0.2) is 49.6 Å². The largest absolute Gasteiger partial charge is 0.460 e. The van der Waals surface area contributed by atoms with E-state index in [1.807, 2.05) is 41.5 Å². The number of hydrogen-bond donors (Lipinski definition) is 0. The highest BCUT2D eigenvalue weighted by Gasteiger charge is 2.31. The van der Waals surface area contributed by atoms with Crippen molar-refractivity contribution in [3.8, 4) is 0 Å². The molecule has 0 unspecified atom stereocenters. The molecule has 0 aromatic carbocycles. The normalized spacial score (nSPS) is 19.5. The molecule has 2 fully saturated rings. The summed E-state index contributed by atoms with van der Waals surface area (Å²) < 4.78 is 21.0. The van der Waals surface area contributed by atoms with Crippen LogP contribution in [0.4, 0.5) is 0 Å². The summed E-state index contributed by atoms with van der Waals surface area (Å²) in [4.78, 5) is 23.1. The molecule has 6 heteroatoms. The van der Waals surface area contributed by atoms with E-state index >= 15 is 0 Å². The summed E-state index contributed by atoms with van der Waals surface area (Å²) in [6.45, 7) is 16.4. The van der Waals surface area contributed by atoms with Crippen molar-refractivity contribution in [1.82, 2.24) is 0 Å². The van der Waals surface area contributed by atoms with Crippen LogP contribution in [0.5, 0.6) is 0 Å². The van der Waals surface area contributed by atoms with E-state index in [0.29, 0.717) is 19.6 Å². The zero-order chi connectivity index (χ0) is 22.1. The van der Waals surface area contributed by atoms with Gasteiger partial charge in [0, 0.05) is 19.3 Å². The third kappa shape index (κ3) is 12.7. The van der Waals surface area contributed by atoms with Gasteiger partial charge in [0.1, 0.15) is 11.2 Å². The average molecular weight is 413 g/mol. The number of carbonyl (C=O) groups is 2. The van der Waals surface area contributed by atoms with Gasteiger partial charge in [-0.1, -0.05) is 12.5 Å². The van der Waals surface area contributed by atoms with E-state index in [4.69, 9.17) is 18.9 Å². The zero-order valence-corrected chi connectivity index (χ0v) is 19.4. The molecule has 2 aliphatic rings. The van der Waals surface area contributed by atoms with E-state index in [-0.39, 0.29) is 23.0 Å². The molecule has 0 saturated carbocycles. The maximum absolute atomic E-state index is 11.7. The summed E-state index contributed by atoms with van der Waals surface area (Å²) in [6, 6.07) is 0. The number of carbonyl (C=O) groups excluding carboxylic acids is 2. The topological polar surface area (TPSA) is 71.1 Å². The fraction of sp³-hybridized carbons (Fsp3) is 0.826. The molecule has 0 aromatic heterocycles. The van der Waals surface area contributed by atoms with Crippen LogP contribution in [-0.2, 0) is 28.5 Å². The summed E-state index contributed by atoms with van der Waals surface area (Å²) in [5.74, 6) is -0.332. The Hall–Kier alpha value is -1.40. The Bertz CT molecular complexity index is 551. The first kappa shape index (κ1) is 25.6. The smallest absolute Gasteiger partial charge is 0.331 e. The summed E-state index contributed by atoms with van der Waals surface area (Å²) in [7, 11) is 0. The van der Waals surface area contributed by atoms with Gasteiger partial charge in [-0.2, -0.15) is 0 Å². The van der Waals surface area contributed by atoms with Gasteiger partial charge in [0.05, 0.1) is 19.6 Å². The van der Waals surface area contributed by atoms with Crippen LogP contribution < -0.4 is 0 Å². The molecule has 29 heavy (non-hydrogen) atoms. The molecule has 0 spiro atoms. The van der Waals surface area contributed by atoms with Gasteiger partial charge in [0.25, 0.3) is 0 Å². The molecule has 0 amide bonds. The SMILES string of the molecule is CC(C)(C)OC(=O)C=C1CCOCC1.CC1(CC(=O)OC(C)(C)C)CCOCC1. The maximum Gasteiger partial charge on any atom is 0.331 e. The number of ether oxygens (including phenoxy) is 4. The van der Waals surface area contributed by atoms with E-state index in [0.717, 1.165) is 44.5 Å². The van der Waals surface area contributed by atoms with Gasteiger partial charge in [-0.15, -0.1) is 0 Å². The Balaban J connectivity index is 0.000000291.